The highest BCUT2D eigenvalue weighted by Gasteiger charge is 2.27. The summed E-state index contributed by atoms with van der Waals surface area (Å²) in [5, 5.41) is 8.51. The van der Waals surface area contributed by atoms with E-state index in [1.807, 2.05) is 29.1 Å². The molecule has 2 aromatic heterocycles. The summed E-state index contributed by atoms with van der Waals surface area (Å²) in [6, 6.07) is 7.15. The third-order valence-corrected chi connectivity index (χ3v) is 5.76. The van der Waals surface area contributed by atoms with Crippen molar-refractivity contribution in [1.29, 1.82) is 0 Å². The third-order valence-electron chi connectivity index (χ3n) is 4.71. The second kappa shape index (κ2) is 6.42. The summed E-state index contributed by atoms with van der Waals surface area (Å²) in [6.07, 6.45) is 10.0. The van der Waals surface area contributed by atoms with Crippen molar-refractivity contribution in [2.45, 2.75) is 44.2 Å². The Kier molecular flexibility index (Phi) is 4.17. The van der Waals surface area contributed by atoms with Crippen LogP contribution in [0.4, 0.5) is 0 Å². The van der Waals surface area contributed by atoms with E-state index in [1.165, 1.54) is 48.4 Å². The molecule has 4 rings (SSSR count). The van der Waals surface area contributed by atoms with Gasteiger partial charge in [-0.05, 0) is 55.7 Å². The van der Waals surface area contributed by atoms with Crippen LogP contribution in [0.15, 0.2) is 30.6 Å². The molecule has 2 aromatic rings. The molecule has 5 heteroatoms. The largest absolute Gasteiger partial charge is 0.307 e. The normalized spacial score (nSPS) is 22.5. The van der Waals surface area contributed by atoms with E-state index >= 15 is 0 Å². The minimum atomic E-state index is 0.467. The average molecular weight is 314 g/mol. The zero-order chi connectivity index (χ0) is 14.8. The van der Waals surface area contributed by atoms with E-state index in [0.29, 0.717) is 12.1 Å². The van der Waals surface area contributed by atoms with Crippen molar-refractivity contribution in [1.82, 2.24) is 20.1 Å². The summed E-state index contributed by atoms with van der Waals surface area (Å²) in [6.45, 7) is 0. The van der Waals surface area contributed by atoms with Gasteiger partial charge in [-0.2, -0.15) is 16.9 Å². The van der Waals surface area contributed by atoms with Crippen LogP contribution in [0.2, 0.25) is 0 Å². The lowest BCUT2D eigenvalue weighted by atomic mass is 9.92. The maximum absolute atomic E-state index is 4.62. The van der Waals surface area contributed by atoms with E-state index in [1.54, 1.807) is 0 Å². The van der Waals surface area contributed by atoms with Crippen LogP contribution in [-0.2, 0) is 6.42 Å². The van der Waals surface area contributed by atoms with Gasteiger partial charge in [0, 0.05) is 23.8 Å². The fourth-order valence-corrected chi connectivity index (χ4v) is 4.66. The van der Waals surface area contributed by atoms with Crippen molar-refractivity contribution in [2.75, 3.05) is 11.5 Å². The van der Waals surface area contributed by atoms with Crippen LogP contribution in [0.25, 0.3) is 5.82 Å². The van der Waals surface area contributed by atoms with Gasteiger partial charge >= 0.3 is 0 Å². The Balaban J connectivity index is 1.58. The fraction of sp³-hybridized carbons (Fsp3) is 0.529. The van der Waals surface area contributed by atoms with E-state index in [2.05, 4.69) is 33.4 Å². The predicted octanol–water partition coefficient (Wildman–Crippen LogP) is 3.13. The van der Waals surface area contributed by atoms with Gasteiger partial charge in [-0.3, -0.25) is 0 Å². The molecule has 0 radical (unpaired) electrons. The van der Waals surface area contributed by atoms with Gasteiger partial charge in [-0.1, -0.05) is 6.07 Å². The maximum atomic E-state index is 4.62. The van der Waals surface area contributed by atoms with Crippen molar-refractivity contribution in [3.05, 3.63) is 41.9 Å². The molecule has 0 bridgehead atoms. The van der Waals surface area contributed by atoms with Gasteiger partial charge in [0.05, 0.1) is 11.9 Å². The van der Waals surface area contributed by atoms with E-state index in [9.17, 15) is 0 Å². The molecule has 2 aliphatic rings. The van der Waals surface area contributed by atoms with E-state index in [4.69, 9.17) is 0 Å². The number of nitrogens with zero attached hydrogens (tertiary/aromatic N) is 3. The number of thioether (sulfide) groups is 1. The van der Waals surface area contributed by atoms with Gasteiger partial charge in [0.1, 0.15) is 0 Å². The smallest absolute Gasteiger partial charge is 0.153 e. The monoisotopic (exact) mass is 314 g/mol. The first-order valence-corrected chi connectivity index (χ1v) is 9.39. The van der Waals surface area contributed by atoms with Crippen LogP contribution in [0.3, 0.4) is 0 Å². The standard InChI is InChI=1S/C17H22N4S/c1-2-9-18-17(6-1)21-16-5-3-4-15(14(16)12-19-21)20-13-7-10-22-11-8-13/h1-2,6,9,12-13,15,20H,3-5,7-8,10-11H2. The molecule has 116 valence electrons. The number of rotatable bonds is 3. The highest BCUT2D eigenvalue weighted by atomic mass is 32.2. The van der Waals surface area contributed by atoms with Crippen LogP contribution in [-0.4, -0.2) is 32.3 Å². The van der Waals surface area contributed by atoms with Gasteiger partial charge in [0.2, 0.25) is 0 Å². The SMILES string of the molecule is c1ccc(-n2ncc3c2CCCC3NC2CCSCC2)nc1. The number of nitrogens with one attached hydrogen (secondary N) is 1. The first kappa shape index (κ1) is 14.3. The minimum absolute atomic E-state index is 0.467. The minimum Gasteiger partial charge on any atom is -0.307 e. The summed E-state index contributed by atoms with van der Waals surface area (Å²) in [5.74, 6) is 3.52. The zero-order valence-corrected chi connectivity index (χ0v) is 13.6. The highest BCUT2D eigenvalue weighted by molar-refractivity contribution is 7.99. The first-order valence-electron chi connectivity index (χ1n) is 8.24. The summed E-state index contributed by atoms with van der Waals surface area (Å²) < 4.78 is 2.03. The number of hydrogen-bond acceptors (Lipinski definition) is 4. The van der Waals surface area contributed by atoms with E-state index in [0.717, 1.165) is 12.2 Å². The Bertz CT molecular complexity index is 619. The lowest BCUT2D eigenvalue weighted by Crippen LogP contribution is -2.37. The number of fused-ring (bicyclic) bond motifs is 1. The van der Waals surface area contributed by atoms with Crippen molar-refractivity contribution in [2.24, 2.45) is 0 Å². The number of hydrogen-bond donors (Lipinski definition) is 1. The second-order valence-corrected chi connectivity index (χ2v) is 7.37. The molecule has 1 unspecified atom stereocenters. The Morgan fingerprint density at radius 2 is 2.09 bits per heavy atom. The van der Waals surface area contributed by atoms with Crippen molar-refractivity contribution in [3.8, 4) is 5.82 Å². The lowest BCUT2D eigenvalue weighted by molar-refractivity contribution is 0.377. The maximum Gasteiger partial charge on any atom is 0.153 e. The molecule has 1 saturated heterocycles. The van der Waals surface area contributed by atoms with E-state index in [-0.39, 0.29) is 0 Å². The number of pyridine rings is 1. The average Bonchev–Trinajstić information content (AvgIpc) is 3.02. The molecule has 4 nitrogen and oxygen atoms in total. The summed E-state index contributed by atoms with van der Waals surface area (Å²) in [4.78, 5) is 4.45. The van der Waals surface area contributed by atoms with Gasteiger partial charge in [0.15, 0.2) is 5.82 Å². The second-order valence-electron chi connectivity index (χ2n) is 6.14. The Morgan fingerprint density at radius 1 is 1.18 bits per heavy atom. The molecule has 0 saturated carbocycles. The van der Waals surface area contributed by atoms with Crippen molar-refractivity contribution in [3.63, 3.8) is 0 Å². The molecular weight excluding hydrogens is 292 g/mol. The molecule has 1 fully saturated rings. The van der Waals surface area contributed by atoms with Crippen molar-refractivity contribution < 1.29 is 0 Å². The van der Waals surface area contributed by atoms with Crippen LogP contribution in [0.5, 0.6) is 0 Å². The molecule has 1 aliphatic carbocycles. The predicted molar refractivity (Wildman–Crippen MR) is 90.5 cm³/mol. The number of aromatic nitrogens is 3. The molecule has 0 amide bonds. The quantitative estimate of drug-likeness (QED) is 0.945. The highest BCUT2D eigenvalue weighted by Crippen LogP contribution is 2.32. The summed E-state index contributed by atoms with van der Waals surface area (Å²) in [7, 11) is 0. The lowest BCUT2D eigenvalue weighted by Gasteiger charge is -2.30. The summed E-state index contributed by atoms with van der Waals surface area (Å²) >= 11 is 2.08. The summed E-state index contributed by atoms with van der Waals surface area (Å²) in [5.41, 5.74) is 2.72. The van der Waals surface area contributed by atoms with Gasteiger partial charge < -0.3 is 5.32 Å². The van der Waals surface area contributed by atoms with E-state index < -0.39 is 0 Å². The van der Waals surface area contributed by atoms with Gasteiger partial charge in [-0.25, -0.2) is 9.67 Å². The molecular formula is C17H22N4S. The fourth-order valence-electron chi connectivity index (χ4n) is 3.56. The Hall–Kier alpha value is -1.33. The van der Waals surface area contributed by atoms with Gasteiger partial charge in [0.25, 0.3) is 0 Å². The van der Waals surface area contributed by atoms with Crippen LogP contribution in [0, 0.1) is 0 Å². The first-order chi connectivity index (χ1) is 10.9. The molecule has 22 heavy (non-hydrogen) atoms. The van der Waals surface area contributed by atoms with Crippen LogP contribution in [0.1, 0.15) is 43.0 Å². The van der Waals surface area contributed by atoms with Crippen molar-refractivity contribution >= 4 is 11.8 Å². The molecule has 0 aromatic carbocycles. The Morgan fingerprint density at radius 3 is 2.91 bits per heavy atom. The topological polar surface area (TPSA) is 42.7 Å². The third kappa shape index (κ3) is 2.79. The zero-order valence-electron chi connectivity index (χ0n) is 12.7. The van der Waals surface area contributed by atoms with Crippen LogP contribution >= 0.6 is 11.8 Å². The van der Waals surface area contributed by atoms with Crippen LogP contribution < -0.4 is 5.32 Å². The molecule has 1 N–H and O–H groups in total. The molecule has 1 aliphatic heterocycles. The van der Waals surface area contributed by atoms with Gasteiger partial charge in [-0.15, -0.1) is 0 Å². The molecule has 0 spiro atoms. The Labute approximate surface area is 135 Å². The molecule has 1 atom stereocenters. The molecule has 3 heterocycles.